The maximum absolute atomic E-state index is 5.79. The van der Waals surface area contributed by atoms with Crippen molar-refractivity contribution in [1.82, 2.24) is 0 Å². The fourth-order valence-electron chi connectivity index (χ4n) is 4.26. The molecule has 5 heteroatoms. The summed E-state index contributed by atoms with van der Waals surface area (Å²) in [6, 6.07) is 25.1. The van der Waals surface area contributed by atoms with Crippen molar-refractivity contribution in [3.8, 4) is 23.7 Å². The molecule has 37 heavy (non-hydrogen) atoms. The lowest BCUT2D eigenvalue weighted by atomic mass is 10.1. The van der Waals surface area contributed by atoms with E-state index in [-0.39, 0.29) is 0 Å². The zero-order valence-corrected chi connectivity index (χ0v) is 22.7. The summed E-state index contributed by atoms with van der Waals surface area (Å²) in [4.78, 5) is 2.19. The molecule has 0 saturated carbocycles. The van der Waals surface area contributed by atoms with Crippen molar-refractivity contribution in [1.29, 1.82) is 0 Å². The van der Waals surface area contributed by atoms with E-state index in [1.807, 2.05) is 77.3 Å². The number of nitrogens with two attached hydrogens (primary N) is 1. The van der Waals surface area contributed by atoms with Gasteiger partial charge in [0.25, 0.3) is 0 Å². The van der Waals surface area contributed by atoms with Crippen LogP contribution in [0.3, 0.4) is 0 Å². The smallest absolute Gasteiger partial charge is 0.0793 e. The third-order valence-electron chi connectivity index (χ3n) is 6.12. The molecule has 0 aliphatic rings. The molecule has 0 aliphatic carbocycles. The number of anilines is 1. The van der Waals surface area contributed by atoms with Crippen LogP contribution in [0.5, 0.6) is 0 Å². The van der Waals surface area contributed by atoms with Gasteiger partial charge in [-0.1, -0.05) is 48.5 Å². The zero-order valence-electron chi connectivity index (χ0n) is 19.4. The summed E-state index contributed by atoms with van der Waals surface area (Å²) in [6.45, 7) is 3.81. The van der Waals surface area contributed by atoms with Gasteiger partial charge in [0.05, 0.1) is 19.2 Å². The summed E-state index contributed by atoms with van der Waals surface area (Å²) < 4.78 is 7.93. The molecule has 0 bridgehead atoms. The minimum absolute atomic E-state index is 0.756. The Morgan fingerprint density at radius 1 is 0.568 bits per heavy atom. The highest BCUT2D eigenvalue weighted by Crippen LogP contribution is 2.46. The van der Waals surface area contributed by atoms with Crippen molar-refractivity contribution in [3.05, 3.63) is 106 Å². The molecule has 3 aromatic carbocycles. The van der Waals surface area contributed by atoms with Gasteiger partial charge in [0.1, 0.15) is 0 Å². The summed E-state index contributed by atoms with van der Waals surface area (Å²) in [6.07, 6.45) is 1.85. The van der Waals surface area contributed by atoms with E-state index in [2.05, 4.69) is 54.5 Å². The molecule has 174 valence electrons. The number of rotatable bonds is 1. The van der Waals surface area contributed by atoms with Gasteiger partial charge in [-0.2, -0.15) is 0 Å². The van der Waals surface area contributed by atoms with Crippen LogP contribution in [0.4, 0.5) is 5.69 Å². The van der Waals surface area contributed by atoms with Crippen molar-refractivity contribution in [3.63, 3.8) is 0 Å². The summed E-state index contributed by atoms with van der Waals surface area (Å²) in [5, 5.41) is 2.64. The predicted octanol–water partition coefficient (Wildman–Crippen LogP) is 9.57. The van der Waals surface area contributed by atoms with Gasteiger partial charge < -0.3 is 5.73 Å². The van der Waals surface area contributed by atoms with Crippen LogP contribution < -0.4 is 5.73 Å². The van der Waals surface area contributed by atoms with E-state index in [9.17, 15) is 0 Å². The second kappa shape index (κ2) is 8.92. The van der Waals surface area contributed by atoms with Gasteiger partial charge in [0, 0.05) is 46.4 Å². The Hall–Kier alpha value is -3.84. The van der Waals surface area contributed by atoms with Gasteiger partial charge in [-0.05, 0) is 66.2 Å². The lowest BCUT2D eigenvalue weighted by Crippen LogP contribution is -1.82. The topological polar surface area (TPSA) is 26.0 Å². The van der Waals surface area contributed by atoms with Crippen LogP contribution in [0.25, 0.3) is 45.0 Å². The molecule has 0 fully saturated rings. The minimum Gasteiger partial charge on any atom is -0.399 e. The number of hydrogen-bond acceptors (Lipinski definition) is 5. The average molecular weight is 544 g/mol. The number of nitrogen functional groups attached to an aromatic ring is 1. The Morgan fingerprint density at radius 3 is 1.59 bits per heavy atom. The molecule has 0 aliphatic heterocycles. The van der Waals surface area contributed by atoms with Crippen LogP contribution in [0, 0.1) is 23.7 Å². The quantitative estimate of drug-likeness (QED) is 0.162. The van der Waals surface area contributed by atoms with E-state index in [0.29, 0.717) is 0 Å². The van der Waals surface area contributed by atoms with Crippen LogP contribution in [-0.2, 0) is 0 Å². The van der Waals surface area contributed by atoms with Gasteiger partial charge in [0.2, 0.25) is 0 Å². The molecule has 2 N–H and O–H groups in total. The fraction of sp³-hybridized carbons (Fsp3) is 0. The Balaban J connectivity index is 1.26. The van der Waals surface area contributed by atoms with Crippen LogP contribution in [-0.4, -0.2) is 0 Å². The first kappa shape index (κ1) is 22.4. The Morgan fingerprint density at radius 2 is 1.08 bits per heavy atom. The van der Waals surface area contributed by atoms with Crippen LogP contribution >= 0.6 is 45.3 Å². The van der Waals surface area contributed by atoms with Gasteiger partial charge in [-0.3, -0.25) is 0 Å². The first-order valence-electron chi connectivity index (χ1n) is 11.6. The standard InChI is InChI=1S/C32H17NS4/c1-2-19-3-5-20(6-4-19)9-13-23-15-29-31(34-23)25-17-26-28(18-27(25)36-29)37-30-16-24(35-32(26)30)14-10-21-7-11-22(33)12-8-21/h2-8,11-12,15-18H,1,33H2. The minimum atomic E-state index is 0.756. The molecule has 7 rings (SSSR count). The van der Waals surface area contributed by atoms with Crippen LogP contribution in [0.2, 0.25) is 0 Å². The lowest BCUT2D eigenvalue weighted by Gasteiger charge is -1.93. The molecule has 0 spiro atoms. The highest BCUT2D eigenvalue weighted by molar-refractivity contribution is 7.34. The molecule has 0 amide bonds. The highest BCUT2D eigenvalue weighted by Gasteiger charge is 2.14. The van der Waals surface area contributed by atoms with E-state index in [0.717, 1.165) is 32.1 Å². The molecule has 4 heterocycles. The van der Waals surface area contributed by atoms with Crippen LogP contribution in [0.1, 0.15) is 26.4 Å². The van der Waals surface area contributed by atoms with E-state index in [1.165, 1.54) is 39.0 Å². The van der Waals surface area contributed by atoms with E-state index in [1.54, 1.807) is 22.7 Å². The summed E-state index contributed by atoms with van der Waals surface area (Å²) in [7, 11) is 0. The SMILES string of the molecule is C=Cc1ccc(C#Cc2cc3sc4cc5sc6cc(C#Cc7ccc(N)cc7)sc6c5cc4c3s2)cc1. The first-order valence-corrected chi connectivity index (χ1v) is 14.8. The van der Waals surface area contributed by atoms with Crippen LogP contribution in [0.15, 0.2) is 79.4 Å². The third-order valence-corrected chi connectivity index (χ3v) is 10.7. The number of thiophene rings is 4. The lowest BCUT2D eigenvalue weighted by molar-refractivity contribution is 1.61. The molecule has 0 radical (unpaired) electrons. The van der Waals surface area contributed by atoms with E-state index in [4.69, 9.17) is 5.73 Å². The van der Waals surface area contributed by atoms with Gasteiger partial charge in [-0.25, -0.2) is 0 Å². The maximum atomic E-state index is 5.79. The molecule has 4 aromatic heterocycles. The monoisotopic (exact) mass is 543 g/mol. The number of benzene rings is 3. The first-order chi connectivity index (χ1) is 18.1. The number of hydrogen-bond donors (Lipinski definition) is 1. The Bertz CT molecular complexity index is 2110. The summed E-state index contributed by atoms with van der Waals surface area (Å²) in [5.41, 5.74) is 9.64. The second-order valence-corrected chi connectivity index (χ2v) is 12.9. The van der Waals surface area contributed by atoms with E-state index < -0.39 is 0 Å². The second-order valence-electron chi connectivity index (χ2n) is 8.60. The molecule has 7 aromatic rings. The van der Waals surface area contributed by atoms with Crippen molar-refractivity contribution in [2.24, 2.45) is 0 Å². The molecule has 1 nitrogen and oxygen atoms in total. The zero-order chi connectivity index (χ0) is 24.9. The van der Waals surface area contributed by atoms with E-state index >= 15 is 0 Å². The maximum Gasteiger partial charge on any atom is 0.0793 e. The largest absolute Gasteiger partial charge is 0.399 e. The average Bonchev–Trinajstić information content (AvgIpc) is 3.65. The van der Waals surface area contributed by atoms with Crippen molar-refractivity contribution < 1.29 is 0 Å². The molecular formula is C32H17NS4. The number of fused-ring (bicyclic) bond motifs is 6. The van der Waals surface area contributed by atoms with Crippen molar-refractivity contribution in [2.75, 3.05) is 5.73 Å². The van der Waals surface area contributed by atoms with Crippen molar-refractivity contribution in [2.45, 2.75) is 0 Å². The Kier molecular flexibility index (Phi) is 5.39. The summed E-state index contributed by atoms with van der Waals surface area (Å²) in [5.74, 6) is 13.3. The predicted molar refractivity (Wildman–Crippen MR) is 167 cm³/mol. The Labute approximate surface area is 230 Å². The third kappa shape index (κ3) is 4.13. The summed E-state index contributed by atoms with van der Waals surface area (Å²) >= 11 is 7.27. The van der Waals surface area contributed by atoms with Gasteiger partial charge in [-0.15, -0.1) is 45.3 Å². The van der Waals surface area contributed by atoms with Gasteiger partial charge in [0.15, 0.2) is 0 Å². The molecular weight excluding hydrogens is 527 g/mol. The molecule has 0 atom stereocenters. The fourth-order valence-corrected chi connectivity index (χ4v) is 9.11. The molecule has 0 saturated heterocycles. The molecule has 0 unspecified atom stereocenters. The van der Waals surface area contributed by atoms with Gasteiger partial charge >= 0.3 is 0 Å². The normalized spacial score (nSPS) is 11.0. The highest BCUT2D eigenvalue weighted by atomic mass is 32.1. The van der Waals surface area contributed by atoms with Crippen molar-refractivity contribution >= 4 is 96.1 Å².